The van der Waals surface area contributed by atoms with E-state index < -0.39 is 17.7 Å². The Labute approximate surface area is 226 Å². The summed E-state index contributed by atoms with van der Waals surface area (Å²) in [5, 5.41) is 21.8. The molecule has 0 saturated carbocycles. The first-order chi connectivity index (χ1) is 18.2. The number of aromatic nitrogens is 1. The van der Waals surface area contributed by atoms with Crippen LogP contribution in [0.15, 0.2) is 48.5 Å². The molecule has 3 atom stereocenters. The molecule has 0 unspecified atom stereocenters. The SMILES string of the molecule is CC[C@]12CCCN3CCc4c(n(c5ccccc45)[C@@](O)(C(=O)OC)C1)[C@@H]32.O=C(O)COc1ccc(Cl)cc1. The number of rotatable bonds is 5. The van der Waals surface area contributed by atoms with Crippen LogP contribution in [0.25, 0.3) is 10.9 Å². The van der Waals surface area contributed by atoms with Crippen LogP contribution in [0.1, 0.15) is 49.9 Å². The molecule has 1 aromatic heterocycles. The summed E-state index contributed by atoms with van der Waals surface area (Å²) in [6.07, 6.45) is 4.52. The van der Waals surface area contributed by atoms with Gasteiger partial charge in [-0.15, -0.1) is 0 Å². The number of carbonyl (C=O) groups is 2. The average Bonchev–Trinajstić information content (AvgIpc) is 3.28. The molecule has 0 bridgehead atoms. The van der Waals surface area contributed by atoms with Crippen LogP contribution in [0.2, 0.25) is 5.02 Å². The number of methoxy groups -OCH3 is 1. The zero-order chi connectivity index (χ0) is 27.1. The highest BCUT2D eigenvalue weighted by atomic mass is 35.5. The smallest absolute Gasteiger partial charge is 0.359 e. The fourth-order valence-corrected chi connectivity index (χ4v) is 6.90. The number of esters is 1. The van der Waals surface area contributed by atoms with Gasteiger partial charge in [-0.1, -0.05) is 36.7 Å². The monoisotopic (exact) mass is 540 g/mol. The Kier molecular flexibility index (Phi) is 7.15. The molecule has 8 nitrogen and oxygen atoms in total. The highest BCUT2D eigenvalue weighted by molar-refractivity contribution is 6.30. The van der Waals surface area contributed by atoms with Crippen molar-refractivity contribution in [3.63, 3.8) is 0 Å². The highest BCUT2D eigenvalue weighted by Gasteiger charge is 2.60. The number of aliphatic carboxylic acids is 1. The molecule has 6 rings (SSSR count). The molecule has 3 aliphatic heterocycles. The molecule has 3 aliphatic rings. The zero-order valence-electron chi connectivity index (χ0n) is 21.7. The van der Waals surface area contributed by atoms with E-state index in [2.05, 4.69) is 17.9 Å². The van der Waals surface area contributed by atoms with Gasteiger partial charge in [0, 0.05) is 29.1 Å². The Hall–Kier alpha value is -3.07. The fraction of sp³-hybridized carbons (Fsp3) is 0.448. The molecule has 3 aromatic rings. The van der Waals surface area contributed by atoms with Gasteiger partial charge in [-0.3, -0.25) is 4.90 Å². The van der Waals surface area contributed by atoms with Gasteiger partial charge in [-0.2, -0.15) is 0 Å². The number of carboxylic acid groups (broad SMARTS) is 1. The summed E-state index contributed by atoms with van der Waals surface area (Å²) in [6.45, 7) is 4.03. The van der Waals surface area contributed by atoms with Crippen molar-refractivity contribution in [2.45, 2.75) is 50.8 Å². The lowest BCUT2D eigenvalue weighted by Gasteiger charge is -2.57. The van der Waals surface area contributed by atoms with Crippen LogP contribution >= 0.6 is 11.6 Å². The molecule has 202 valence electrons. The Bertz CT molecular complexity index is 1360. The summed E-state index contributed by atoms with van der Waals surface area (Å²) in [5.74, 6) is -1.04. The second-order valence-electron chi connectivity index (χ2n) is 10.3. The van der Waals surface area contributed by atoms with Crippen molar-refractivity contribution in [1.82, 2.24) is 9.47 Å². The molecule has 2 aromatic carbocycles. The van der Waals surface area contributed by atoms with Crippen molar-refractivity contribution in [3.05, 3.63) is 64.8 Å². The quantitative estimate of drug-likeness (QED) is 0.450. The van der Waals surface area contributed by atoms with Crippen molar-refractivity contribution in [2.24, 2.45) is 5.41 Å². The number of aliphatic hydroxyl groups is 1. The largest absolute Gasteiger partial charge is 0.482 e. The van der Waals surface area contributed by atoms with E-state index >= 15 is 0 Å². The summed E-state index contributed by atoms with van der Waals surface area (Å²) in [4.78, 5) is 25.5. The third-order valence-corrected chi connectivity index (χ3v) is 8.61. The van der Waals surface area contributed by atoms with E-state index in [9.17, 15) is 14.7 Å². The van der Waals surface area contributed by atoms with Gasteiger partial charge in [-0.25, -0.2) is 9.59 Å². The number of carboxylic acids is 1. The van der Waals surface area contributed by atoms with Crippen molar-refractivity contribution in [2.75, 3.05) is 26.8 Å². The molecular weight excluding hydrogens is 508 g/mol. The van der Waals surface area contributed by atoms with Gasteiger partial charge in [-0.05, 0) is 73.5 Å². The predicted octanol–water partition coefficient (Wildman–Crippen LogP) is 4.76. The molecule has 38 heavy (non-hydrogen) atoms. The van der Waals surface area contributed by atoms with Gasteiger partial charge < -0.3 is 24.3 Å². The molecule has 0 aliphatic carbocycles. The summed E-state index contributed by atoms with van der Waals surface area (Å²) >= 11 is 5.60. The lowest BCUT2D eigenvalue weighted by atomic mass is 9.62. The first kappa shape index (κ1) is 26.5. The van der Waals surface area contributed by atoms with Crippen LogP contribution in [0.3, 0.4) is 0 Å². The van der Waals surface area contributed by atoms with Gasteiger partial charge in [0.25, 0.3) is 0 Å². The third kappa shape index (κ3) is 4.34. The van der Waals surface area contributed by atoms with Crippen LogP contribution < -0.4 is 4.74 Å². The molecule has 0 amide bonds. The number of nitrogens with zero attached hydrogens (tertiary/aromatic N) is 2. The fourth-order valence-electron chi connectivity index (χ4n) is 6.77. The minimum absolute atomic E-state index is 0.0826. The van der Waals surface area contributed by atoms with Crippen LogP contribution in [-0.2, 0) is 26.5 Å². The van der Waals surface area contributed by atoms with Gasteiger partial charge in [0.05, 0.1) is 18.7 Å². The molecule has 4 heterocycles. The molecule has 0 radical (unpaired) electrons. The molecule has 1 saturated heterocycles. The van der Waals surface area contributed by atoms with Crippen molar-refractivity contribution >= 4 is 34.4 Å². The zero-order valence-corrected chi connectivity index (χ0v) is 22.4. The van der Waals surface area contributed by atoms with E-state index in [1.165, 1.54) is 18.1 Å². The molecular formula is C29H33ClN2O6. The maximum Gasteiger partial charge on any atom is 0.359 e. The van der Waals surface area contributed by atoms with E-state index in [0.717, 1.165) is 50.0 Å². The number of carbonyl (C=O) groups excluding carboxylic acids is 1. The van der Waals surface area contributed by atoms with Gasteiger partial charge in [0.15, 0.2) is 6.61 Å². The van der Waals surface area contributed by atoms with Crippen LogP contribution in [0, 0.1) is 5.41 Å². The van der Waals surface area contributed by atoms with Crippen LogP contribution in [0.5, 0.6) is 5.75 Å². The average molecular weight is 541 g/mol. The molecule has 9 heteroatoms. The summed E-state index contributed by atoms with van der Waals surface area (Å²) in [7, 11) is 1.37. The maximum atomic E-state index is 12.8. The normalized spacial score (nSPS) is 25.6. The van der Waals surface area contributed by atoms with E-state index in [0.29, 0.717) is 17.2 Å². The van der Waals surface area contributed by atoms with Gasteiger partial charge in [0.2, 0.25) is 5.72 Å². The third-order valence-electron chi connectivity index (χ3n) is 8.35. The number of ether oxygens (including phenoxy) is 2. The molecule has 0 spiro atoms. The topological polar surface area (TPSA) is 101 Å². The Morgan fingerprint density at radius 3 is 2.55 bits per heavy atom. The standard InChI is InChI=1S/C21H26N2O3.C8H7ClO3/c1-3-20-10-6-11-22-12-9-15-14-7-4-5-8-16(14)23(17(15)18(20)22)21(25,13-20)19(24)26-2;9-6-1-3-7(4-2-6)12-5-8(10)11/h4-5,7-8,18,25H,3,6,9-13H2,1-2H3;1-4H,5H2,(H,10,11)/t18-,20+,21+;/m1./s1. The molecule has 2 N–H and O–H groups in total. The second kappa shape index (κ2) is 10.2. The number of piperidine rings is 1. The van der Waals surface area contributed by atoms with Crippen molar-refractivity contribution in [1.29, 1.82) is 0 Å². The first-order valence-corrected chi connectivity index (χ1v) is 13.4. The number of para-hydroxylation sites is 1. The number of benzene rings is 2. The summed E-state index contributed by atoms with van der Waals surface area (Å²) in [6, 6.07) is 15.0. The predicted molar refractivity (Wildman–Crippen MR) is 143 cm³/mol. The Balaban J connectivity index is 0.000000207. The lowest BCUT2D eigenvalue weighted by molar-refractivity contribution is -0.194. The minimum Gasteiger partial charge on any atom is -0.482 e. The summed E-state index contributed by atoms with van der Waals surface area (Å²) < 4.78 is 11.9. The number of hydrogen-bond donors (Lipinski definition) is 2. The number of fused-ring (bicyclic) bond motifs is 3. The van der Waals surface area contributed by atoms with Crippen LogP contribution in [-0.4, -0.2) is 58.4 Å². The van der Waals surface area contributed by atoms with E-state index in [1.807, 2.05) is 22.8 Å². The van der Waals surface area contributed by atoms with Crippen LogP contribution in [0.4, 0.5) is 0 Å². The Morgan fingerprint density at radius 1 is 1.13 bits per heavy atom. The van der Waals surface area contributed by atoms with E-state index in [1.54, 1.807) is 24.3 Å². The van der Waals surface area contributed by atoms with Gasteiger partial charge >= 0.3 is 11.9 Å². The first-order valence-electron chi connectivity index (χ1n) is 13.0. The minimum atomic E-state index is -1.63. The number of hydrogen-bond acceptors (Lipinski definition) is 6. The summed E-state index contributed by atoms with van der Waals surface area (Å²) in [5.41, 5.74) is 1.69. The molecule has 1 fully saturated rings. The van der Waals surface area contributed by atoms with E-state index in [-0.39, 0.29) is 18.1 Å². The Morgan fingerprint density at radius 2 is 1.87 bits per heavy atom. The second-order valence-corrected chi connectivity index (χ2v) is 10.8. The maximum absolute atomic E-state index is 12.8. The highest BCUT2D eigenvalue weighted by Crippen LogP contribution is 2.60. The van der Waals surface area contributed by atoms with E-state index in [4.69, 9.17) is 26.2 Å². The van der Waals surface area contributed by atoms with Crippen molar-refractivity contribution < 1.29 is 29.3 Å². The lowest BCUT2D eigenvalue weighted by Crippen LogP contribution is -2.60. The van der Waals surface area contributed by atoms with Gasteiger partial charge in [0.1, 0.15) is 5.75 Å². The van der Waals surface area contributed by atoms with Crippen molar-refractivity contribution in [3.8, 4) is 5.75 Å². The number of halogens is 1.